The molecule has 1 aliphatic rings. The molecule has 0 atom stereocenters. The Hall–Kier alpha value is -2.82. The molecule has 184 valence electrons. The van der Waals surface area contributed by atoms with Gasteiger partial charge in [-0.3, -0.25) is 9.36 Å². The van der Waals surface area contributed by atoms with Crippen LogP contribution in [0.2, 0.25) is 5.02 Å². The van der Waals surface area contributed by atoms with Crippen LogP contribution in [0.15, 0.2) is 36.0 Å². The van der Waals surface area contributed by atoms with Crippen LogP contribution in [0, 0.1) is 6.92 Å². The summed E-state index contributed by atoms with van der Waals surface area (Å²) in [6.45, 7) is 6.39. The van der Waals surface area contributed by atoms with E-state index in [1.807, 2.05) is 23.6 Å². The van der Waals surface area contributed by atoms with Crippen molar-refractivity contribution in [3.63, 3.8) is 0 Å². The number of esters is 1. The van der Waals surface area contributed by atoms with Crippen molar-refractivity contribution in [2.45, 2.75) is 44.5 Å². The minimum absolute atomic E-state index is 0.100. The number of amides is 1. The number of rotatable bonds is 10. The third-order valence-corrected chi connectivity index (χ3v) is 7.93. The number of halogens is 1. The van der Waals surface area contributed by atoms with Gasteiger partial charge < -0.3 is 14.8 Å². The number of aryl methyl sites for hydroxylation is 2. The molecule has 4 rings (SSSR count). The molecule has 2 heterocycles. The van der Waals surface area contributed by atoms with E-state index in [1.165, 1.54) is 30.2 Å². The van der Waals surface area contributed by atoms with Crippen molar-refractivity contribution in [1.29, 1.82) is 0 Å². The van der Waals surface area contributed by atoms with Gasteiger partial charge in [-0.05, 0) is 49.4 Å². The summed E-state index contributed by atoms with van der Waals surface area (Å²) in [5, 5.41) is 13.0. The number of hydrogen-bond acceptors (Lipinski definition) is 8. The van der Waals surface area contributed by atoms with Gasteiger partial charge in [0.1, 0.15) is 17.4 Å². The fraction of sp³-hybridized carbons (Fsp3) is 0.333. The number of hydrogen-bond donors (Lipinski definition) is 1. The Morgan fingerprint density at radius 3 is 2.94 bits per heavy atom. The van der Waals surface area contributed by atoms with E-state index in [-0.39, 0.29) is 18.3 Å². The van der Waals surface area contributed by atoms with Crippen molar-refractivity contribution < 1.29 is 19.1 Å². The Balaban J connectivity index is 1.42. The average molecular weight is 533 g/mol. The summed E-state index contributed by atoms with van der Waals surface area (Å²) in [4.78, 5) is 26.2. The Labute approximate surface area is 216 Å². The second-order valence-corrected chi connectivity index (χ2v) is 10.4. The van der Waals surface area contributed by atoms with Crippen LogP contribution in [0.3, 0.4) is 0 Å². The Morgan fingerprint density at radius 2 is 2.17 bits per heavy atom. The molecule has 1 N–H and O–H groups in total. The molecule has 1 aliphatic carbocycles. The van der Waals surface area contributed by atoms with Crippen LogP contribution in [-0.2, 0) is 35.5 Å². The van der Waals surface area contributed by atoms with Crippen molar-refractivity contribution in [2.75, 3.05) is 18.2 Å². The number of allylic oxidation sites excluding steroid dienone is 1. The molecule has 1 amide bonds. The third kappa shape index (κ3) is 5.71. The maximum atomic E-state index is 12.7. The largest absolute Gasteiger partial charge is 0.484 e. The van der Waals surface area contributed by atoms with E-state index in [9.17, 15) is 9.59 Å². The molecule has 0 radical (unpaired) electrons. The molecule has 8 nitrogen and oxygen atoms in total. The summed E-state index contributed by atoms with van der Waals surface area (Å²) < 4.78 is 12.7. The number of carbonyl (C=O) groups is 2. The highest BCUT2D eigenvalue weighted by atomic mass is 35.5. The van der Waals surface area contributed by atoms with E-state index >= 15 is 0 Å². The lowest BCUT2D eigenvalue weighted by molar-refractivity contribution is -0.113. The quantitative estimate of drug-likeness (QED) is 0.221. The number of anilines is 1. The molecule has 0 bridgehead atoms. The Bertz CT molecular complexity index is 1270. The summed E-state index contributed by atoms with van der Waals surface area (Å²) in [6.07, 6.45) is 4.48. The van der Waals surface area contributed by atoms with E-state index in [0.717, 1.165) is 35.3 Å². The smallest absolute Gasteiger partial charge is 0.341 e. The summed E-state index contributed by atoms with van der Waals surface area (Å²) in [5.41, 5.74) is 2.51. The normalized spacial score (nSPS) is 12.3. The van der Waals surface area contributed by atoms with E-state index < -0.39 is 5.97 Å². The number of methoxy groups -OCH3 is 1. The molecule has 0 aliphatic heterocycles. The Kier molecular flexibility index (Phi) is 8.15. The fourth-order valence-electron chi connectivity index (χ4n) is 3.81. The lowest BCUT2D eigenvalue weighted by atomic mass is 10.1. The summed E-state index contributed by atoms with van der Waals surface area (Å²) in [6, 6.07) is 5.56. The fourth-order valence-corrected chi connectivity index (χ4v) is 6.04. The SMILES string of the molecule is C=CCn1c(COc2cc(C)ccc2Cl)nnc1SCC(=O)Nc1sc2c(c1C(=O)OC)CCC2. The number of fused-ring (bicyclic) bond motifs is 1. The predicted molar refractivity (Wildman–Crippen MR) is 138 cm³/mol. The van der Waals surface area contributed by atoms with Crippen LogP contribution >= 0.6 is 34.7 Å². The van der Waals surface area contributed by atoms with Gasteiger partial charge in [0.2, 0.25) is 5.91 Å². The lowest BCUT2D eigenvalue weighted by Gasteiger charge is -2.11. The van der Waals surface area contributed by atoms with E-state index in [2.05, 4.69) is 22.1 Å². The molecule has 3 aromatic rings. The monoisotopic (exact) mass is 532 g/mol. The maximum Gasteiger partial charge on any atom is 0.341 e. The van der Waals surface area contributed by atoms with Gasteiger partial charge in [-0.1, -0.05) is 35.5 Å². The molecule has 0 saturated heterocycles. The second kappa shape index (κ2) is 11.3. The second-order valence-electron chi connectivity index (χ2n) is 7.91. The molecular weight excluding hydrogens is 508 g/mol. The molecule has 11 heteroatoms. The number of thiophene rings is 1. The number of thioether (sulfide) groups is 1. The number of carbonyl (C=O) groups excluding carboxylic acids is 2. The highest BCUT2D eigenvalue weighted by Crippen LogP contribution is 2.39. The van der Waals surface area contributed by atoms with Crippen LogP contribution < -0.4 is 10.1 Å². The molecule has 0 spiro atoms. The first-order valence-electron chi connectivity index (χ1n) is 11.0. The molecule has 2 aromatic heterocycles. The summed E-state index contributed by atoms with van der Waals surface area (Å²) >= 11 is 8.92. The van der Waals surface area contributed by atoms with Crippen molar-refractivity contribution in [2.24, 2.45) is 0 Å². The van der Waals surface area contributed by atoms with E-state index in [4.69, 9.17) is 21.1 Å². The van der Waals surface area contributed by atoms with Crippen LogP contribution in [0.5, 0.6) is 5.75 Å². The number of benzene rings is 1. The van der Waals surface area contributed by atoms with Crippen LogP contribution in [0.1, 0.15) is 38.6 Å². The zero-order chi connectivity index (χ0) is 24.9. The van der Waals surface area contributed by atoms with Gasteiger partial charge in [-0.25, -0.2) is 4.79 Å². The van der Waals surface area contributed by atoms with Gasteiger partial charge >= 0.3 is 5.97 Å². The first-order valence-corrected chi connectivity index (χ1v) is 13.2. The van der Waals surface area contributed by atoms with Crippen molar-refractivity contribution in [1.82, 2.24) is 14.8 Å². The predicted octanol–water partition coefficient (Wildman–Crippen LogP) is 5.07. The molecule has 0 unspecified atom stereocenters. The molecule has 0 saturated carbocycles. The van der Waals surface area contributed by atoms with Gasteiger partial charge in [0, 0.05) is 11.4 Å². The number of nitrogens with zero attached hydrogens (tertiary/aromatic N) is 3. The zero-order valence-electron chi connectivity index (χ0n) is 19.4. The van der Waals surface area contributed by atoms with Crippen molar-refractivity contribution in [3.05, 3.63) is 63.3 Å². The van der Waals surface area contributed by atoms with Gasteiger partial charge in [0.25, 0.3) is 0 Å². The van der Waals surface area contributed by atoms with Gasteiger partial charge in [0.05, 0.1) is 23.4 Å². The highest BCUT2D eigenvalue weighted by molar-refractivity contribution is 7.99. The van der Waals surface area contributed by atoms with Crippen LogP contribution in [-0.4, -0.2) is 39.5 Å². The standard InChI is InChI=1S/C24H25ClN4O4S2/c1-4-10-29-19(12-33-17-11-14(2)8-9-16(17)25)27-28-24(29)34-13-20(30)26-22-21(23(31)32-3)15-6-5-7-18(15)35-22/h4,8-9,11H,1,5-7,10,12-13H2,2-3H3,(H,26,30). The molecule has 35 heavy (non-hydrogen) atoms. The first kappa shape index (κ1) is 25.3. The zero-order valence-corrected chi connectivity index (χ0v) is 21.8. The first-order chi connectivity index (χ1) is 16.9. The van der Waals surface area contributed by atoms with Gasteiger partial charge in [-0.15, -0.1) is 28.1 Å². The maximum absolute atomic E-state index is 12.7. The van der Waals surface area contributed by atoms with E-state index in [0.29, 0.717) is 38.9 Å². The minimum atomic E-state index is -0.420. The summed E-state index contributed by atoms with van der Waals surface area (Å²) in [5.74, 6) is 0.600. The third-order valence-electron chi connectivity index (χ3n) is 5.44. The molecular formula is C24H25ClN4O4S2. The molecule has 0 fully saturated rings. The van der Waals surface area contributed by atoms with Crippen molar-refractivity contribution >= 4 is 51.6 Å². The van der Waals surface area contributed by atoms with Gasteiger partial charge in [0.15, 0.2) is 11.0 Å². The number of nitrogens with one attached hydrogen (secondary N) is 1. The van der Waals surface area contributed by atoms with Crippen LogP contribution in [0.4, 0.5) is 5.00 Å². The highest BCUT2D eigenvalue weighted by Gasteiger charge is 2.28. The summed E-state index contributed by atoms with van der Waals surface area (Å²) in [7, 11) is 1.35. The molecule has 1 aromatic carbocycles. The topological polar surface area (TPSA) is 95.3 Å². The van der Waals surface area contributed by atoms with Crippen molar-refractivity contribution in [3.8, 4) is 5.75 Å². The number of ether oxygens (including phenoxy) is 2. The minimum Gasteiger partial charge on any atom is -0.484 e. The van der Waals surface area contributed by atoms with Crippen LogP contribution in [0.25, 0.3) is 0 Å². The number of aromatic nitrogens is 3. The Morgan fingerprint density at radius 1 is 1.34 bits per heavy atom. The average Bonchev–Trinajstić information content (AvgIpc) is 3.53. The lowest BCUT2D eigenvalue weighted by Crippen LogP contribution is -2.17. The van der Waals surface area contributed by atoms with E-state index in [1.54, 1.807) is 12.1 Å². The van der Waals surface area contributed by atoms with Gasteiger partial charge in [-0.2, -0.15) is 0 Å².